The number of nitrogens with zero attached hydrogens (tertiary/aromatic N) is 6. The van der Waals surface area contributed by atoms with Gasteiger partial charge in [0.15, 0.2) is 0 Å². The monoisotopic (exact) mass is 618 g/mol. The summed E-state index contributed by atoms with van der Waals surface area (Å²) in [6.07, 6.45) is 3.88. The fourth-order valence-corrected chi connectivity index (χ4v) is 5.13. The Balaban J connectivity index is 0.00000133. The van der Waals surface area contributed by atoms with E-state index in [2.05, 4.69) is 16.0 Å². The number of nitriles is 1. The minimum Gasteiger partial charge on any atom is -0.492 e. The molecule has 0 saturated carbocycles. The average molecular weight is 619 g/mol. The molecule has 1 amide bonds. The lowest BCUT2D eigenvalue weighted by Crippen LogP contribution is -2.37. The zero-order valence-corrected chi connectivity index (χ0v) is 26.9. The molecule has 0 bridgehead atoms. The van der Waals surface area contributed by atoms with Crippen molar-refractivity contribution in [3.63, 3.8) is 0 Å². The first kappa shape index (κ1) is 34.6. The standard InChI is InChI=1S/C30H28F2N6O3.2C2H6/c1-4-41-27-11-21(35-14-20(27)13-33)16-38-7-5-22-23(26-17-36(3)28(39)12-24(26)29(31)32)9-19(10-25(22)30(38)40)15-37-8-6-34-18(37)2;2*1-2/h6,8-12,14,17,29H,4-5,7,15-16H2,1-3H3;2*1-2H3. The van der Waals surface area contributed by atoms with Crippen LogP contribution in [0, 0.1) is 18.3 Å². The third-order valence-electron chi connectivity index (χ3n) is 7.22. The summed E-state index contributed by atoms with van der Waals surface area (Å²) in [4.78, 5) is 36.4. The highest BCUT2D eigenvalue weighted by atomic mass is 19.3. The number of ether oxygens (including phenoxy) is 1. The summed E-state index contributed by atoms with van der Waals surface area (Å²) in [5.41, 5.74) is 2.49. The Morgan fingerprint density at radius 3 is 2.36 bits per heavy atom. The van der Waals surface area contributed by atoms with Gasteiger partial charge in [0.1, 0.15) is 23.2 Å². The van der Waals surface area contributed by atoms with E-state index in [-0.39, 0.29) is 23.6 Å². The SMILES string of the molecule is CC.CC.CCOc1cc(CN2CCc3c(cc(Cn4ccnc4C)cc3-c3cn(C)c(=O)cc3C(F)F)C2=O)ncc1C#N. The summed E-state index contributed by atoms with van der Waals surface area (Å²) in [7, 11) is 1.51. The van der Waals surface area contributed by atoms with Crippen LogP contribution in [0.15, 0.2) is 53.8 Å². The molecule has 0 spiro atoms. The van der Waals surface area contributed by atoms with Crippen LogP contribution in [-0.4, -0.2) is 43.1 Å². The lowest BCUT2D eigenvalue weighted by atomic mass is 9.87. The van der Waals surface area contributed by atoms with Gasteiger partial charge in [0.25, 0.3) is 17.9 Å². The molecule has 11 heteroatoms. The number of aryl methyl sites for hydroxylation is 2. The fraction of sp³-hybridized carbons (Fsp3) is 0.382. The van der Waals surface area contributed by atoms with Gasteiger partial charge in [-0.25, -0.2) is 13.8 Å². The maximum absolute atomic E-state index is 14.2. The Labute approximate surface area is 262 Å². The lowest BCUT2D eigenvalue weighted by molar-refractivity contribution is 0.0724. The normalized spacial score (nSPS) is 12.0. The van der Waals surface area contributed by atoms with Crippen LogP contribution in [0.2, 0.25) is 0 Å². The highest BCUT2D eigenvalue weighted by molar-refractivity contribution is 5.99. The number of carbonyl (C=O) groups excluding carboxylic acids is 1. The Bertz CT molecular complexity index is 1740. The second kappa shape index (κ2) is 15.7. The summed E-state index contributed by atoms with van der Waals surface area (Å²) < 4.78 is 37.1. The van der Waals surface area contributed by atoms with Gasteiger partial charge in [-0.2, -0.15) is 5.26 Å². The quantitative estimate of drug-likeness (QED) is 0.224. The largest absolute Gasteiger partial charge is 0.492 e. The third-order valence-corrected chi connectivity index (χ3v) is 7.22. The molecule has 4 heterocycles. The second-order valence-electron chi connectivity index (χ2n) is 9.86. The van der Waals surface area contributed by atoms with E-state index in [9.17, 15) is 23.6 Å². The van der Waals surface area contributed by atoms with Crippen LogP contribution in [0.5, 0.6) is 5.75 Å². The number of amides is 1. The van der Waals surface area contributed by atoms with Crippen molar-refractivity contribution < 1.29 is 18.3 Å². The van der Waals surface area contributed by atoms with Crippen LogP contribution in [0.1, 0.15) is 85.2 Å². The molecule has 238 valence electrons. The Hall–Kier alpha value is -4.85. The number of pyridine rings is 2. The first-order valence-corrected chi connectivity index (χ1v) is 15.1. The summed E-state index contributed by atoms with van der Waals surface area (Å²) in [5.74, 6) is 0.910. The highest BCUT2D eigenvalue weighted by Crippen LogP contribution is 2.37. The molecule has 1 aliphatic rings. The van der Waals surface area contributed by atoms with Gasteiger partial charge in [0.05, 0.1) is 18.8 Å². The van der Waals surface area contributed by atoms with Crippen LogP contribution in [0.3, 0.4) is 0 Å². The average Bonchev–Trinajstić information content (AvgIpc) is 3.45. The molecule has 1 aliphatic heterocycles. The summed E-state index contributed by atoms with van der Waals surface area (Å²) in [6.45, 7) is 12.9. The molecule has 0 atom stereocenters. The molecule has 4 aromatic rings. The molecule has 0 fully saturated rings. The number of halogens is 2. The molecular formula is C34H40F2N6O3. The first-order chi connectivity index (χ1) is 21.7. The Morgan fingerprint density at radius 2 is 1.73 bits per heavy atom. The third kappa shape index (κ3) is 7.63. The van der Waals surface area contributed by atoms with E-state index >= 15 is 0 Å². The Morgan fingerprint density at radius 1 is 1.02 bits per heavy atom. The van der Waals surface area contributed by atoms with Crippen molar-refractivity contribution in [2.75, 3.05) is 13.2 Å². The minimum absolute atomic E-state index is 0.187. The van der Waals surface area contributed by atoms with E-state index in [0.29, 0.717) is 59.8 Å². The van der Waals surface area contributed by atoms with E-state index < -0.39 is 12.0 Å². The Kier molecular flexibility index (Phi) is 12.1. The van der Waals surface area contributed by atoms with Gasteiger partial charge in [-0.1, -0.05) is 27.7 Å². The maximum atomic E-state index is 14.2. The van der Waals surface area contributed by atoms with Crippen LogP contribution in [0.25, 0.3) is 11.1 Å². The first-order valence-electron chi connectivity index (χ1n) is 15.1. The van der Waals surface area contributed by atoms with Crippen molar-refractivity contribution in [1.29, 1.82) is 5.26 Å². The van der Waals surface area contributed by atoms with Crippen molar-refractivity contribution in [1.82, 2.24) is 24.0 Å². The number of hydrogen-bond acceptors (Lipinski definition) is 6. The topological polar surface area (TPSA) is 106 Å². The second-order valence-corrected chi connectivity index (χ2v) is 9.86. The smallest absolute Gasteiger partial charge is 0.264 e. The van der Waals surface area contributed by atoms with Gasteiger partial charge in [-0.05, 0) is 49.1 Å². The van der Waals surface area contributed by atoms with Crippen molar-refractivity contribution >= 4 is 5.91 Å². The molecule has 0 saturated heterocycles. The summed E-state index contributed by atoms with van der Waals surface area (Å²) in [6, 6.07) is 8.30. The maximum Gasteiger partial charge on any atom is 0.264 e. The van der Waals surface area contributed by atoms with Crippen LogP contribution < -0.4 is 10.3 Å². The van der Waals surface area contributed by atoms with Crippen molar-refractivity contribution in [2.24, 2.45) is 7.05 Å². The predicted molar refractivity (Wildman–Crippen MR) is 169 cm³/mol. The number of imidazole rings is 1. The van der Waals surface area contributed by atoms with Gasteiger partial charge in [0.2, 0.25) is 0 Å². The predicted octanol–water partition coefficient (Wildman–Crippen LogP) is 6.46. The minimum atomic E-state index is -2.87. The van der Waals surface area contributed by atoms with Gasteiger partial charge in [0, 0.05) is 73.7 Å². The number of aromatic nitrogens is 4. The van der Waals surface area contributed by atoms with Crippen molar-refractivity contribution in [2.45, 2.75) is 67.5 Å². The molecule has 45 heavy (non-hydrogen) atoms. The number of benzene rings is 1. The van der Waals surface area contributed by atoms with E-state index in [1.54, 1.807) is 23.2 Å². The number of hydrogen-bond donors (Lipinski definition) is 0. The van der Waals surface area contributed by atoms with Gasteiger partial charge in [-0.3, -0.25) is 14.6 Å². The number of rotatable bonds is 8. The highest BCUT2D eigenvalue weighted by Gasteiger charge is 2.30. The summed E-state index contributed by atoms with van der Waals surface area (Å²) in [5, 5.41) is 9.34. The molecule has 0 unspecified atom stereocenters. The number of fused-ring (bicyclic) bond motifs is 1. The van der Waals surface area contributed by atoms with E-state index in [1.807, 2.05) is 58.4 Å². The van der Waals surface area contributed by atoms with Gasteiger partial charge < -0.3 is 18.8 Å². The van der Waals surface area contributed by atoms with Gasteiger partial charge >= 0.3 is 0 Å². The number of alkyl halides is 2. The fourth-order valence-electron chi connectivity index (χ4n) is 5.13. The van der Waals surface area contributed by atoms with Crippen LogP contribution in [-0.2, 0) is 26.6 Å². The van der Waals surface area contributed by atoms with Crippen molar-refractivity contribution in [3.8, 4) is 22.9 Å². The van der Waals surface area contributed by atoms with Crippen molar-refractivity contribution in [3.05, 3.63) is 98.7 Å². The molecular weight excluding hydrogens is 578 g/mol. The van der Waals surface area contributed by atoms with Gasteiger partial charge in [-0.15, -0.1) is 0 Å². The molecule has 5 rings (SSSR count). The molecule has 0 N–H and O–H groups in total. The molecule has 0 aliphatic carbocycles. The van der Waals surface area contributed by atoms with Crippen LogP contribution >= 0.6 is 0 Å². The molecule has 3 aromatic heterocycles. The van der Waals surface area contributed by atoms with E-state index in [1.165, 1.54) is 24.0 Å². The summed E-state index contributed by atoms with van der Waals surface area (Å²) >= 11 is 0. The zero-order chi connectivity index (χ0) is 33.3. The molecule has 0 radical (unpaired) electrons. The zero-order valence-electron chi connectivity index (χ0n) is 26.9. The lowest BCUT2D eigenvalue weighted by Gasteiger charge is -2.31. The van der Waals surface area contributed by atoms with E-state index in [0.717, 1.165) is 17.5 Å². The van der Waals surface area contributed by atoms with E-state index in [4.69, 9.17) is 4.74 Å². The molecule has 9 nitrogen and oxygen atoms in total. The molecule has 1 aromatic carbocycles. The van der Waals surface area contributed by atoms with Crippen LogP contribution in [0.4, 0.5) is 8.78 Å². The number of carbonyl (C=O) groups is 1.